The van der Waals surface area contributed by atoms with Crippen LogP contribution in [-0.2, 0) is 5.11 Å². The molecule has 29 valence electrons. The fourth-order valence-electron chi connectivity index (χ4n) is 0. The van der Waals surface area contributed by atoms with E-state index < -0.39 is 6.10 Å². The van der Waals surface area contributed by atoms with Gasteiger partial charge in [0.15, 0.2) is 0 Å². The molecule has 0 saturated carbocycles. The van der Waals surface area contributed by atoms with Gasteiger partial charge in [0.25, 0.3) is 0 Å². The standard InChI is InChI=1S/C3H7O.Nd/c1-3(2)4;/h3H,1-2H3;. The summed E-state index contributed by atoms with van der Waals surface area (Å²) in [6.45, 7) is 3.22. The van der Waals surface area contributed by atoms with Gasteiger partial charge in [0, 0.05) is 40.8 Å². The van der Waals surface area contributed by atoms with Gasteiger partial charge in [-0.3, -0.25) is 0 Å². The Bertz CT molecular complexity index is 11.6. The maximum Gasteiger partial charge on any atom is 0.0874 e. The average molecular weight is 203 g/mol. The first-order valence-electron chi connectivity index (χ1n) is 1.39. The Kier molecular flexibility index (Phi) is 10.2. The van der Waals surface area contributed by atoms with E-state index in [-0.39, 0.29) is 40.8 Å². The van der Waals surface area contributed by atoms with Gasteiger partial charge >= 0.3 is 0 Å². The second-order valence-electron chi connectivity index (χ2n) is 1.05. The molecule has 0 aliphatic rings. The van der Waals surface area contributed by atoms with E-state index in [2.05, 4.69) is 0 Å². The SMILES string of the molecule is CC(C)[O].[Nd]. The van der Waals surface area contributed by atoms with Crippen molar-refractivity contribution in [2.75, 3.05) is 0 Å². The topological polar surface area (TPSA) is 19.9 Å². The zero-order chi connectivity index (χ0) is 3.58. The summed E-state index contributed by atoms with van der Waals surface area (Å²) in [4.78, 5) is 0. The molecule has 5 heavy (non-hydrogen) atoms. The van der Waals surface area contributed by atoms with E-state index in [0.717, 1.165) is 0 Å². The van der Waals surface area contributed by atoms with E-state index in [1.54, 1.807) is 13.8 Å². The van der Waals surface area contributed by atoms with Crippen molar-refractivity contribution in [3.8, 4) is 0 Å². The molecule has 0 atom stereocenters. The van der Waals surface area contributed by atoms with Crippen LogP contribution in [0.4, 0.5) is 0 Å². The van der Waals surface area contributed by atoms with Crippen LogP contribution in [0.5, 0.6) is 0 Å². The number of hydrogen-bond donors (Lipinski definition) is 0. The fourth-order valence-corrected chi connectivity index (χ4v) is 0. The molecule has 0 aliphatic heterocycles. The van der Waals surface area contributed by atoms with E-state index in [0.29, 0.717) is 0 Å². The molecular weight excluding hydrogens is 196 g/mol. The quantitative estimate of drug-likeness (QED) is 0.556. The molecule has 2 heteroatoms. The smallest absolute Gasteiger partial charge is 0.0874 e. The van der Waals surface area contributed by atoms with Crippen LogP contribution in [0.15, 0.2) is 0 Å². The summed E-state index contributed by atoms with van der Waals surface area (Å²) in [5.74, 6) is 0. The first kappa shape index (κ1) is 9.58. The van der Waals surface area contributed by atoms with E-state index in [1.165, 1.54) is 0 Å². The summed E-state index contributed by atoms with van der Waals surface area (Å²) < 4.78 is 0. The van der Waals surface area contributed by atoms with Crippen molar-refractivity contribution < 1.29 is 45.9 Å². The monoisotopic (exact) mass is 201 g/mol. The van der Waals surface area contributed by atoms with Crippen molar-refractivity contribution in [2.45, 2.75) is 20.0 Å². The van der Waals surface area contributed by atoms with Gasteiger partial charge in [-0.1, -0.05) is 0 Å². The van der Waals surface area contributed by atoms with E-state index in [4.69, 9.17) is 0 Å². The number of hydrogen-bond acceptors (Lipinski definition) is 0. The predicted octanol–water partition coefficient (Wildman–Crippen LogP) is 0.825. The molecular formula is C3H7NdO. The van der Waals surface area contributed by atoms with Crippen LogP contribution in [0.1, 0.15) is 13.8 Å². The minimum atomic E-state index is -0.417. The second-order valence-corrected chi connectivity index (χ2v) is 1.05. The fraction of sp³-hybridized carbons (Fsp3) is 1.00. The largest absolute Gasteiger partial charge is 0.234 e. The molecule has 1 radical (unpaired) electrons. The van der Waals surface area contributed by atoms with Crippen LogP contribution in [-0.4, -0.2) is 6.10 Å². The molecule has 0 aliphatic carbocycles. The van der Waals surface area contributed by atoms with Crippen LogP contribution in [0.3, 0.4) is 0 Å². The Morgan fingerprint density at radius 1 is 1.40 bits per heavy atom. The van der Waals surface area contributed by atoms with Crippen LogP contribution < -0.4 is 0 Å². The molecule has 0 unspecified atom stereocenters. The normalized spacial score (nSPS) is 7.20. The maximum atomic E-state index is 9.53. The van der Waals surface area contributed by atoms with Crippen molar-refractivity contribution in [3.63, 3.8) is 0 Å². The van der Waals surface area contributed by atoms with Gasteiger partial charge < -0.3 is 0 Å². The molecule has 0 aromatic carbocycles. The average Bonchev–Trinajstić information content (AvgIpc) is 0.811. The van der Waals surface area contributed by atoms with Crippen molar-refractivity contribution in [1.82, 2.24) is 0 Å². The minimum absolute atomic E-state index is 0. The van der Waals surface area contributed by atoms with Crippen LogP contribution in [0.25, 0.3) is 0 Å². The van der Waals surface area contributed by atoms with Crippen LogP contribution in [0, 0.1) is 40.8 Å². The first-order chi connectivity index (χ1) is 1.73. The van der Waals surface area contributed by atoms with Crippen LogP contribution in [0.2, 0.25) is 0 Å². The second kappa shape index (κ2) is 5.31. The van der Waals surface area contributed by atoms with E-state index in [1.807, 2.05) is 0 Å². The Hall–Kier alpha value is 1.31. The molecule has 0 aromatic heterocycles. The molecule has 0 fully saturated rings. The molecule has 0 rings (SSSR count). The third kappa shape index (κ3) is 33.9. The van der Waals surface area contributed by atoms with E-state index in [9.17, 15) is 5.11 Å². The van der Waals surface area contributed by atoms with Crippen molar-refractivity contribution >= 4 is 0 Å². The summed E-state index contributed by atoms with van der Waals surface area (Å²) in [5.41, 5.74) is 0. The molecule has 0 amide bonds. The summed E-state index contributed by atoms with van der Waals surface area (Å²) >= 11 is 0. The third-order valence-electron chi connectivity index (χ3n) is 0. The number of rotatable bonds is 0. The minimum Gasteiger partial charge on any atom is -0.234 e. The first-order valence-corrected chi connectivity index (χ1v) is 1.39. The van der Waals surface area contributed by atoms with Gasteiger partial charge in [-0.2, -0.15) is 0 Å². The molecule has 0 spiro atoms. The van der Waals surface area contributed by atoms with Gasteiger partial charge in [0.05, 0.1) is 6.10 Å². The molecule has 1 nitrogen and oxygen atoms in total. The molecule has 0 aromatic rings. The van der Waals surface area contributed by atoms with Crippen molar-refractivity contribution in [2.24, 2.45) is 0 Å². The van der Waals surface area contributed by atoms with Crippen LogP contribution >= 0.6 is 0 Å². The Labute approximate surface area is 65.3 Å². The molecule has 0 saturated heterocycles. The third-order valence-corrected chi connectivity index (χ3v) is 0. The van der Waals surface area contributed by atoms with E-state index >= 15 is 0 Å². The van der Waals surface area contributed by atoms with Gasteiger partial charge in [-0.15, -0.1) is 0 Å². The summed E-state index contributed by atoms with van der Waals surface area (Å²) in [6.07, 6.45) is -0.417. The predicted molar refractivity (Wildman–Crippen MR) is 15.8 cm³/mol. The summed E-state index contributed by atoms with van der Waals surface area (Å²) in [5, 5.41) is 9.53. The zero-order valence-electron chi connectivity index (χ0n) is 3.49. The maximum absolute atomic E-state index is 9.53. The summed E-state index contributed by atoms with van der Waals surface area (Å²) in [7, 11) is 0. The van der Waals surface area contributed by atoms with Gasteiger partial charge in [0.1, 0.15) is 0 Å². The zero-order valence-corrected chi connectivity index (χ0v) is 6.69. The molecule has 0 bridgehead atoms. The molecule has 0 heterocycles. The van der Waals surface area contributed by atoms with Gasteiger partial charge in [-0.05, 0) is 13.8 Å². The Balaban J connectivity index is 0. The Morgan fingerprint density at radius 3 is 1.40 bits per heavy atom. The van der Waals surface area contributed by atoms with Gasteiger partial charge in [-0.25, -0.2) is 5.11 Å². The summed E-state index contributed by atoms with van der Waals surface area (Å²) in [6, 6.07) is 0. The Morgan fingerprint density at radius 2 is 1.40 bits per heavy atom. The van der Waals surface area contributed by atoms with Crippen molar-refractivity contribution in [3.05, 3.63) is 0 Å². The molecule has 0 N–H and O–H groups in total. The van der Waals surface area contributed by atoms with Crippen molar-refractivity contribution in [1.29, 1.82) is 0 Å². The van der Waals surface area contributed by atoms with Gasteiger partial charge in [0.2, 0.25) is 0 Å².